The number of aryl methyl sites for hydroxylation is 2. The first-order chi connectivity index (χ1) is 11.4. The van der Waals surface area contributed by atoms with Gasteiger partial charge in [0.1, 0.15) is 0 Å². The third kappa shape index (κ3) is 3.11. The molecule has 0 amide bonds. The van der Waals surface area contributed by atoms with Crippen LogP contribution in [0, 0.1) is 13.8 Å². The molecule has 3 aromatic rings. The van der Waals surface area contributed by atoms with E-state index in [4.69, 9.17) is 28.3 Å². The number of anilines is 1. The smallest absolute Gasteiger partial charge is 0.0888 e. The molecule has 0 saturated heterocycles. The number of halogens is 2. The van der Waals surface area contributed by atoms with Gasteiger partial charge >= 0.3 is 0 Å². The van der Waals surface area contributed by atoms with Gasteiger partial charge in [0, 0.05) is 16.6 Å². The molecule has 0 radical (unpaired) electrons. The summed E-state index contributed by atoms with van der Waals surface area (Å²) in [6.07, 6.45) is 1.06. The monoisotopic (exact) mass is 361 g/mol. The molecular formula is C19H21Cl2N3. The van der Waals surface area contributed by atoms with Crippen molar-refractivity contribution in [1.82, 2.24) is 9.61 Å². The molecule has 0 aliphatic carbocycles. The van der Waals surface area contributed by atoms with Crippen molar-refractivity contribution in [3.8, 4) is 11.3 Å². The molecule has 0 aliphatic rings. The molecule has 0 bridgehead atoms. The maximum absolute atomic E-state index is 6.44. The fourth-order valence-corrected chi connectivity index (χ4v) is 3.38. The Kier molecular flexibility index (Phi) is 4.75. The zero-order chi connectivity index (χ0) is 17.4. The fraction of sp³-hybridized carbons (Fsp3) is 0.316. The molecule has 1 atom stereocenters. The summed E-state index contributed by atoms with van der Waals surface area (Å²) < 4.78 is 1.98. The van der Waals surface area contributed by atoms with Gasteiger partial charge in [0.15, 0.2) is 0 Å². The number of benzene rings is 1. The van der Waals surface area contributed by atoms with Crippen LogP contribution >= 0.6 is 23.2 Å². The molecule has 24 heavy (non-hydrogen) atoms. The minimum absolute atomic E-state index is 0.397. The van der Waals surface area contributed by atoms with E-state index < -0.39 is 0 Å². The standard InChI is InChI=1S/C19H21Cl2N3/c1-5-12(3)22-17-9-13(4)23-24-18(17)8-11(2)19(24)15-7-6-14(20)10-16(15)21/h6-10,12,22H,5H2,1-4H3/t12-/m1/s1. The van der Waals surface area contributed by atoms with Gasteiger partial charge in [0.25, 0.3) is 0 Å². The summed E-state index contributed by atoms with van der Waals surface area (Å²) >= 11 is 12.5. The van der Waals surface area contributed by atoms with E-state index in [0.717, 1.165) is 40.1 Å². The van der Waals surface area contributed by atoms with E-state index in [1.165, 1.54) is 0 Å². The van der Waals surface area contributed by atoms with E-state index in [1.807, 2.05) is 23.6 Å². The number of fused-ring (bicyclic) bond motifs is 1. The number of nitrogens with zero attached hydrogens (tertiary/aromatic N) is 2. The minimum atomic E-state index is 0.397. The fourth-order valence-electron chi connectivity index (χ4n) is 2.88. The highest BCUT2D eigenvalue weighted by molar-refractivity contribution is 6.36. The van der Waals surface area contributed by atoms with Crippen molar-refractivity contribution >= 4 is 34.4 Å². The predicted molar refractivity (Wildman–Crippen MR) is 103 cm³/mol. The van der Waals surface area contributed by atoms with Crippen molar-refractivity contribution < 1.29 is 0 Å². The van der Waals surface area contributed by atoms with Crippen LogP contribution < -0.4 is 5.32 Å². The molecule has 0 unspecified atom stereocenters. The van der Waals surface area contributed by atoms with Crippen molar-refractivity contribution in [2.75, 3.05) is 5.32 Å². The average molecular weight is 362 g/mol. The second-order valence-electron chi connectivity index (χ2n) is 6.25. The highest BCUT2D eigenvalue weighted by atomic mass is 35.5. The Labute approximate surface area is 152 Å². The van der Waals surface area contributed by atoms with E-state index in [-0.39, 0.29) is 0 Å². The molecule has 2 heterocycles. The van der Waals surface area contributed by atoms with Crippen molar-refractivity contribution in [1.29, 1.82) is 0 Å². The predicted octanol–water partition coefficient (Wildman–Crippen LogP) is 6.14. The third-order valence-corrected chi connectivity index (χ3v) is 4.80. The summed E-state index contributed by atoms with van der Waals surface area (Å²) in [5, 5.41) is 9.55. The Morgan fingerprint density at radius 2 is 1.92 bits per heavy atom. The van der Waals surface area contributed by atoms with Crippen molar-refractivity contribution in [3.05, 3.63) is 51.6 Å². The molecule has 3 nitrogen and oxygen atoms in total. The van der Waals surface area contributed by atoms with E-state index in [0.29, 0.717) is 16.1 Å². The van der Waals surface area contributed by atoms with Crippen LogP contribution in [-0.4, -0.2) is 15.7 Å². The Balaban J connectivity index is 2.25. The Morgan fingerprint density at radius 3 is 2.58 bits per heavy atom. The lowest BCUT2D eigenvalue weighted by Gasteiger charge is -2.15. The number of rotatable bonds is 4. The summed E-state index contributed by atoms with van der Waals surface area (Å²) in [6.45, 7) is 8.44. The third-order valence-electron chi connectivity index (χ3n) is 4.25. The van der Waals surface area contributed by atoms with Gasteiger partial charge in [-0.05, 0) is 63.1 Å². The topological polar surface area (TPSA) is 29.3 Å². The highest BCUT2D eigenvalue weighted by Gasteiger charge is 2.17. The van der Waals surface area contributed by atoms with Gasteiger partial charge in [-0.3, -0.25) is 0 Å². The molecule has 1 aromatic carbocycles. The highest BCUT2D eigenvalue weighted by Crippen LogP contribution is 2.35. The first-order valence-electron chi connectivity index (χ1n) is 8.12. The molecule has 0 fully saturated rings. The molecule has 5 heteroatoms. The van der Waals surface area contributed by atoms with Gasteiger partial charge in [-0.25, -0.2) is 4.52 Å². The van der Waals surface area contributed by atoms with Gasteiger partial charge in [-0.15, -0.1) is 0 Å². The molecule has 0 aliphatic heterocycles. The van der Waals surface area contributed by atoms with Crippen LogP contribution in [0.5, 0.6) is 0 Å². The van der Waals surface area contributed by atoms with Gasteiger partial charge in [0.2, 0.25) is 0 Å². The molecule has 0 spiro atoms. The maximum Gasteiger partial charge on any atom is 0.0888 e. The van der Waals surface area contributed by atoms with Crippen molar-refractivity contribution in [2.45, 2.75) is 40.2 Å². The molecular weight excluding hydrogens is 341 g/mol. The largest absolute Gasteiger partial charge is 0.381 e. The van der Waals surface area contributed by atoms with E-state index in [2.05, 4.69) is 38.2 Å². The maximum atomic E-state index is 6.44. The molecule has 126 valence electrons. The second kappa shape index (κ2) is 6.66. The number of hydrogen-bond donors (Lipinski definition) is 1. The number of nitrogens with one attached hydrogen (secondary N) is 1. The van der Waals surface area contributed by atoms with E-state index in [9.17, 15) is 0 Å². The minimum Gasteiger partial charge on any atom is -0.381 e. The van der Waals surface area contributed by atoms with Crippen molar-refractivity contribution in [2.24, 2.45) is 0 Å². The summed E-state index contributed by atoms with van der Waals surface area (Å²) in [5.41, 5.74) is 6.17. The number of aromatic nitrogens is 2. The SMILES string of the molecule is CC[C@@H](C)Nc1cc(C)nn2c(-c3ccc(Cl)cc3Cl)c(C)cc12. The van der Waals surface area contributed by atoms with Crippen LogP contribution in [0.2, 0.25) is 10.0 Å². The Hall–Kier alpha value is -1.71. The summed E-state index contributed by atoms with van der Waals surface area (Å²) in [4.78, 5) is 0. The zero-order valence-corrected chi connectivity index (χ0v) is 15.8. The second-order valence-corrected chi connectivity index (χ2v) is 7.09. The summed E-state index contributed by atoms with van der Waals surface area (Å²) in [5.74, 6) is 0. The molecule has 3 rings (SSSR count). The van der Waals surface area contributed by atoms with Crippen LogP contribution in [0.25, 0.3) is 16.8 Å². The van der Waals surface area contributed by atoms with E-state index >= 15 is 0 Å². The molecule has 2 aromatic heterocycles. The number of hydrogen-bond acceptors (Lipinski definition) is 2. The van der Waals surface area contributed by atoms with Gasteiger partial charge in [-0.1, -0.05) is 30.1 Å². The average Bonchev–Trinajstić information content (AvgIpc) is 2.84. The normalized spacial score (nSPS) is 12.6. The Morgan fingerprint density at radius 1 is 1.17 bits per heavy atom. The molecule has 1 N–H and O–H groups in total. The summed E-state index contributed by atoms with van der Waals surface area (Å²) in [6, 6.07) is 10.2. The first-order valence-corrected chi connectivity index (χ1v) is 8.88. The lowest BCUT2D eigenvalue weighted by Crippen LogP contribution is -2.14. The lowest BCUT2D eigenvalue weighted by atomic mass is 10.1. The van der Waals surface area contributed by atoms with E-state index in [1.54, 1.807) is 6.07 Å². The molecule has 0 saturated carbocycles. The van der Waals surface area contributed by atoms with Crippen LogP contribution in [0.1, 0.15) is 31.5 Å². The van der Waals surface area contributed by atoms with Crippen LogP contribution in [0.3, 0.4) is 0 Å². The van der Waals surface area contributed by atoms with Crippen molar-refractivity contribution in [3.63, 3.8) is 0 Å². The zero-order valence-electron chi connectivity index (χ0n) is 14.3. The first kappa shape index (κ1) is 17.1. The lowest BCUT2D eigenvalue weighted by molar-refractivity contribution is 0.762. The summed E-state index contributed by atoms with van der Waals surface area (Å²) in [7, 11) is 0. The van der Waals surface area contributed by atoms with Gasteiger partial charge < -0.3 is 5.32 Å². The van der Waals surface area contributed by atoms with Crippen LogP contribution in [0.4, 0.5) is 5.69 Å². The van der Waals surface area contributed by atoms with Gasteiger partial charge in [-0.2, -0.15) is 5.10 Å². The van der Waals surface area contributed by atoms with Crippen LogP contribution in [0.15, 0.2) is 30.3 Å². The Bertz CT molecular complexity index is 899. The van der Waals surface area contributed by atoms with Crippen LogP contribution in [-0.2, 0) is 0 Å². The van der Waals surface area contributed by atoms with Gasteiger partial charge in [0.05, 0.1) is 27.6 Å². The quantitative estimate of drug-likeness (QED) is 0.604.